The molecule has 1 atom stereocenters. The van der Waals surface area contributed by atoms with E-state index in [4.69, 9.17) is 19.8 Å². The molecule has 14 nitrogen and oxygen atoms in total. The van der Waals surface area contributed by atoms with Gasteiger partial charge in [0, 0.05) is 18.2 Å². The molecule has 246 valence electrons. The monoisotopic (exact) mass is 655 g/mol. The lowest BCUT2D eigenvalue weighted by molar-refractivity contribution is -0.146. The standard InChI is InChI=1S/C24H29N5O6.C7H8O3S/c1-3-34-18(30)12-11-17(23(33)35-4-2)27-21(31)15-8-5-14(6-9-15)7-10-16-13-26-20-19(16)22(32)29-24(25)28-20;1-6-2-4-7(5-3-6)11(8,9)10/h5-6,8-9,13,17H,3-4,7,10-12H2,1-2H3,(H,27,31)(H4,25,26,28,29,32);2-5H,1H3,(H,8,9,10). The Hall–Kier alpha value is -5.02. The number of aromatic nitrogens is 3. The Morgan fingerprint density at radius 1 is 1.00 bits per heavy atom. The number of ether oxygens (including phenoxy) is 2. The summed E-state index contributed by atoms with van der Waals surface area (Å²) < 4.78 is 39.5. The van der Waals surface area contributed by atoms with Gasteiger partial charge in [-0.1, -0.05) is 29.8 Å². The molecular formula is C31H37N5O9S. The van der Waals surface area contributed by atoms with E-state index in [0.29, 0.717) is 29.4 Å². The molecule has 4 rings (SSSR count). The number of hydrogen-bond donors (Lipinski definition) is 5. The number of esters is 2. The third kappa shape index (κ3) is 10.3. The number of nitrogens with one attached hydrogen (secondary N) is 3. The van der Waals surface area contributed by atoms with Crippen LogP contribution in [0.1, 0.15) is 53.7 Å². The Morgan fingerprint density at radius 2 is 1.65 bits per heavy atom. The van der Waals surface area contributed by atoms with Gasteiger partial charge in [-0.2, -0.15) is 13.4 Å². The maximum absolute atomic E-state index is 12.7. The molecule has 2 aromatic carbocycles. The molecule has 0 aliphatic carbocycles. The molecule has 4 aromatic rings. The van der Waals surface area contributed by atoms with Crippen molar-refractivity contribution in [2.24, 2.45) is 0 Å². The Kier molecular flexibility index (Phi) is 12.6. The molecular weight excluding hydrogens is 618 g/mol. The first-order chi connectivity index (χ1) is 21.8. The van der Waals surface area contributed by atoms with Crippen molar-refractivity contribution in [2.45, 2.75) is 57.4 Å². The highest BCUT2D eigenvalue weighted by atomic mass is 32.2. The lowest BCUT2D eigenvalue weighted by Gasteiger charge is -2.17. The Labute approximate surface area is 265 Å². The van der Waals surface area contributed by atoms with Crippen molar-refractivity contribution in [3.05, 3.63) is 87.3 Å². The van der Waals surface area contributed by atoms with E-state index >= 15 is 0 Å². The number of benzene rings is 2. The van der Waals surface area contributed by atoms with Crippen molar-refractivity contribution in [3.8, 4) is 0 Å². The van der Waals surface area contributed by atoms with Crippen LogP contribution in [0.4, 0.5) is 5.95 Å². The molecule has 0 spiro atoms. The summed E-state index contributed by atoms with van der Waals surface area (Å²) in [4.78, 5) is 58.3. The van der Waals surface area contributed by atoms with E-state index in [1.807, 2.05) is 19.1 Å². The lowest BCUT2D eigenvalue weighted by Crippen LogP contribution is -2.42. The van der Waals surface area contributed by atoms with Gasteiger partial charge in [0.15, 0.2) is 0 Å². The molecule has 0 aliphatic rings. The zero-order valence-corrected chi connectivity index (χ0v) is 26.5. The number of aryl methyl sites for hydroxylation is 3. The van der Waals surface area contributed by atoms with Crippen molar-refractivity contribution in [2.75, 3.05) is 18.9 Å². The second-order valence-corrected chi connectivity index (χ2v) is 11.5. The van der Waals surface area contributed by atoms with Gasteiger partial charge in [0.25, 0.3) is 21.6 Å². The number of hydrogen-bond acceptors (Lipinski definition) is 10. The van der Waals surface area contributed by atoms with Gasteiger partial charge in [-0.3, -0.25) is 23.9 Å². The molecule has 0 radical (unpaired) electrons. The molecule has 15 heteroatoms. The van der Waals surface area contributed by atoms with Gasteiger partial charge in [0.05, 0.1) is 23.5 Å². The molecule has 2 aromatic heterocycles. The van der Waals surface area contributed by atoms with Crippen LogP contribution in [-0.4, -0.2) is 65.0 Å². The van der Waals surface area contributed by atoms with Crippen LogP contribution >= 0.6 is 0 Å². The first-order valence-corrected chi connectivity index (χ1v) is 15.9. The van der Waals surface area contributed by atoms with Gasteiger partial charge < -0.3 is 25.5 Å². The van der Waals surface area contributed by atoms with Crippen LogP contribution in [0.3, 0.4) is 0 Å². The SMILES string of the molecule is CCOC(=O)CCC(NC(=O)c1ccc(CCc2c[nH]c3nc(N)[nH]c(=O)c23)cc1)C(=O)OCC.Cc1ccc(S(=O)(=O)O)cc1. The maximum atomic E-state index is 12.7. The predicted molar refractivity (Wildman–Crippen MR) is 170 cm³/mol. The van der Waals surface area contributed by atoms with Crippen LogP contribution < -0.4 is 16.6 Å². The van der Waals surface area contributed by atoms with Crippen LogP contribution in [0.25, 0.3) is 11.0 Å². The first-order valence-electron chi connectivity index (χ1n) is 14.4. The number of nitrogens with two attached hydrogens (primary N) is 1. The lowest BCUT2D eigenvalue weighted by atomic mass is 10.0. The fourth-order valence-corrected chi connectivity index (χ4v) is 4.84. The largest absolute Gasteiger partial charge is 0.466 e. The average molecular weight is 656 g/mol. The number of aromatic amines is 2. The number of fused-ring (bicyclic) bond motifs is 1. The summed E-state index contributed by atoms with van der Waals surface area (Å²) in [5.41, 5.74) is 8.81. The van der Waals surface area contributed by atoms with E-state index < -0.39 is 34.0 Å². The van der Waals surface area contributed by atoms with Crippen molar-refractivity contribution < 1.29 is 36.8 Å². The zero-order valence-electron chi connectivity index (χ0n) is 25.7. The van der Waals surface area contributed by atoms with Crippen LogP contribution in [0, 0.1) is 6.92 Å². The van der Waals surface area contributed by atoms with Crippen molar-refractivity contribution in [1.82, 2.24) is 20.3 Å². The summed E-state index contributed by atoms with van der Waals surface area (Å²) in [6.45, 7) is 5.60. The average Bonchev–Trinajstić information content (AvgIpc) is 3.41. The van der Waals surface area contributed by atoms with Crippen LogP contribution in [0.15, 0.2) is 64.4 Å². The number of carbonyl (C=O) groups is 3. The fourth-order valence-electron chi connectivity index (χ4n) is 4.36. The molecule has 0 fully saturated rings. The number of carbonyl (C=O) groups excluding carboxylic acids is 3. The quantitative estimate of drug-likeness (QED) is 0.110. The topological polar surface area (TPSA) is 224 Å². The minimum Gasteiger partial charge on any atom is -0.466 e. The Morgan fingerprint density at radius 3 is 2.26 bits per heavy atom. The first kappa shape index (κ1) is 35.5. The van der Waals surface area contributed by atoms with Gasteiger partial charge in [-0.05, 0) is 75.4 Å². The molecule has 6 N–H and O–H groups in total. The number of anilines is 1. The fraction of sp³-hybridized carbons (Fsp3) is 0.323. The van der Waals surface area contributed by atoms with E-state index in [1.54, 1.807) is 44.3 Å². The van der Waals surface area contributed by atoms with Crippen molar-refractivity contribution in [3.63, 3.8) is 0 Å². The summed E-state index contributed by atoms with van der Waals surface area (Å²) in [6, 6.07) is 11.9. The number of H-pyrrole nitrogens is 2. The van der Waals surface area contributed by atoms with Crippen LogP contribution in [0.5, 0.6) is 0 Å². The highest BCUT2D eigenvalue weighted by molar-refractivity contribution is 7.85. The molecule has 0 saturated carbocycles. The normalized spacial score (nSPS) is 11.7. The smallest absolute Gasteiger partial charge is 0.328 e. The molecule has 1 amide bonds. The van der Waals surface area contributed by atoms with Gasteiger partial charge in [0.2, 0.25) is 5.95 Å². The minimum absolute atomic E-state index is 0.0185. The van der Waals surface area contributed by atoms with Gasteiger partial charge in [-0.15, -0.1) is 0 Å². The third-order valence-electron chi connectivity index (χ3n) is 6.68. The molecule has 1 unspecified atom stereocenters. The Bertz CT molecular complexity index is 1820. The number of nitrogen functional groups attached to an aromatic ring is 1. The summed E-state index contributed by atoms with van der Waals surface area (Å²) in [6.07, 6.45) is 3.00. The second-order valence-electron chi connectivity index (χ2n) is 10.1. The molecule has 2 heterocycles. The summed E-state index contributed by atoms with van der Waals surface area (Å²) >= 11 is 0. The van der Waals surface area contributed by atoms with Gasteiger partial charge in [-0.25, -0.2) is 4.79 Å². The number of nitrogens with zero attached hydrogens (tertiary/aromatic N) is 1. The number of amides is 1. The van der Waals surface area contributed by atoms with E-state index in [0.717, 1.165) is 16.7 Å². The second kappa shape index (κ2) is 16.3. The molecule has 46 heavy (non-hydrogen) atoms. The molecule has 0 aliphatic heterocycles. The predicted octanol–water partition coefficient (Wildman–Crippen LogP) is 2.87. The highest BCUT2D eigenvalue weighted by Crippen LogP contribution is 2.16. The van der Waals surface area contributed by atoms with Crippen molar-refractivity contribution >= 4 is 44.9 Å². The van der Waals surface area contributed by atoms with Gasteiger partial charge in [0.1, 0.15) is 11.7 Å². The summed E-state index contributed by atoms with van der Waals surface area (Å²) in [5.74, 6) is -1.45. The Balaban J connectivity index is 0.000000441. The maximum Gasteiger partial charge on any atom is 0.328 e. The minimum atomic E-state index is -4.02. The molecule has 0 saturated heterocycles. The van der Waals surface area contributed by atoms with E-state index in [9.17, 15) is 27.6 Å². The number of rotatable bonds is 12. The van der Waals surface area contributed by atoms with Crippen LogP contribution in [-0.2, 0) is 42.0 Å². The summed E-state index contributed by atoms with van der Waals surface area (Å²) in [5, 5.41) is 3.11. The van der Waals surface area contributed by atoms with Crippen molar-refractivity contribution in [1.29, 1.82) is 0 Å². The van der Waals surface area contributed by atoms with Gasteiger partial charge >= 0.3 is 11.9 Å². The van der Waals surface area contributed by atoms with E-state index in [2.05, 4.69) is 20.3 Å². The summed E-state index contributed by atoms with van der Waals surface area (Å²) in [7, 11) is -4.02. The van der Waals surface area contributed by atoms with Crippen LogP contribution in [0.2, 0.25) is 0 Å². The zero-order chi connectivity index (χ0) is 33.9. The third-order valence-corrected chi connectivity index (χ3v) is 7.55. The van der Waals surface area contributed by atoms with E-state index in [-0.39, 0.29) is 42.5 Å². The highest BCUT2D eigenvalue weighted by Gasteiger charge is 2.24. The van der Waals surface area contributed by atoms with E-state index in [1.165, 1.54) is 12.1 Å². The molecule has 0 bridgehead atoms.